The molecule has 18 heavy (non-hydrogen) atoms. The molecule has 94 valence electrons. The Morgan fingerprint density at radius 3 is 2.83 bits per heavy atom. The zero-order valence-electron chi connectivity index (χ0n) is 9.81. The Morgan fingerprint density at radius 2 is 2.22 bits per heavy atom. The minimum Gasteiger partial charge on any atom is -0.399 e. The van der Waals surface area contributed by atoms with E-state index in [1.165, 1.54) is 0 Å². The van der Waals surface area contributed by atoms with E-state index in [-0.39, 0.29) is 11.9 Å². The van der Waals surface area contributed by atoms with Crippen LogP contribution in [0, 0.1) is 3.57 Å². The molecule has 0 saturated heterocycles. The number of nitrogens with two attached hydrogens (primary N) is 1. The van der Waals surface area contributed by atoms with Gasteiger partial charge in [0.2, 0.25) is 0 Å². The van der Waals surface area contributed by atoms with Crippen molar-refractivity contribution < 1.29 is 4.79 Å². The zero-order valence-corrected chi connectivity index (χ0v) is 12.8. The normalized spacial score (nSPS) is 12.1. The lowest BCUT2D eigenvalue weighted by Crippen LogP contribution is -2.26. The van der Waals surface area contributed by atoms with Crippen LogP contribution in [0.3, 0.4) is 0 Å². The lowest BCUT2D eigenvalue weighted by atomic mass is 10.1. The largest absolute Gasteiger partial charge is 0.399 e. The topological polar surface area (TPSA) is 55.1 Å². The van der Waals surface area contributed by atoms with Crippen LogP contribution >= 0.6 is 33.9 Å². The third-order valence-corrected chi connectivity index (χ3v) is 4.18. The average molecular weight is 372 g/mol. The Bertz CT molecular complexity index is 534. The molecule has 0 aliphatic heterocycles. The quantitative estimate of drug-likeness (QED) is 0.641. The summed E-state index contributed by atoms with van der Waals surface area (Å²) < 4.78 is 0.960. The van der Waals surface area contributed by atoms with Crippen LogP contribution in [0.1, 0.15) is 28.2 Å². The van der Waals surface area contributed by atoms with Crippen molar-refractivity contribution in [1.29, 1.82) is 0 Å². The van der Waals surface area contributed by atoms with Crippen molar-refractivity contribution in [2.45, 2.75) is 13.0 Å². The Labute approximate surface area is 124 Å². The molecule has 3 N–H and O–H groups in total. The fourth-order valence-electron chi connectivity index (χ4n) is 1.63. The minimum absolute atomic E-state index is 0.0107. The summed E-state index contributed by atoms with van der Waals surface area (Å²) in [6.07, 6.45) is 0. The van der Waals surface area contributed by atoms with E-state index in [0.29, 0.717) is 11.3 Å². The van der Waals surface area contributed by atoms with Crippen LogP contribution in [0.2, 0.25) is 0 Å². The van der Waals surface area contributed by atoms with Crippen LogP contribution < -0.4 is 11.1 Å². The fourth-order valence-corrected chi connectivity index (χ4v) is 3.06. The van der Waals surface area contributed by atoms with Gasteiger partial charge in [0, 0.05) is 19.7 Å². The highest BCUT2D eigenvalue weighted by molar-refractivity contribution is 14.1. The Hall–Kier alpha value is -1.08. The highest BCUT2D eigenvalue weighted by Crippen LogP contribution is 2.19. The van der Waals surface area contributed by atoms with Gasteiger partial charge >= 0.3 is 0 Å². The molecule has 1 aromatic heterocycles. The number of anilines is 1. The fraction of sp³-hybridized carbons (Fsp3) is 0.154. The molecule has 2 rings (SSSR count). The van der Waals surface area contributed by atoms with Gasteiger partial charge < -0.3 is 11.1 Å². The summed E-state index contributed by atoms with van der Waals surface area (Å²) in [4.78, 5) is 13.2. The van der Waals surface area contributed by atoms with Gasteiger partial charge in [-0.2, -0.15) is 0 Å². The molecule has 1 atom stereocenters. The Balaban J connectivity index is 2.12. The van der Waals surface area contributed by atoms with Crippen molar-refractivity contribution in [3.05, 3.63) is 49.7 Å². The first-order valence-corrected chi connectivity index (χ1v) is 7.42. The van der Waals surface area contributed by atoms with Crippen LogP contribution in [0.15, 0.2) is 35.7 Å². The van der Waals surface area contributed by atoms with Gasteiger partial charge in [0.1, 0.15) is 0 Å². The number of halogens is 1. The van der Waals surface area contributed by atoms with E-state index in [1.807, 2.05) is 36.6 Å². The van der Waals surface area contributed by atoms with Gasteiger partial charge in [-0.3, -0.25) is 4.79 Å². The van der Waals surface area contributed by atoms with E-state index < -0.39 is 0 Å². The molecule has 0 spiro atoms. The Morgan fingerprint density at radius 1 is 1.44 bits per heavy atom. The molecule has 1 aromatic carbocycles. The zero-order chi connectivity index (χ0) is 13.1. The second-order valence-electron chi connectivity index (χ2n) is 3.98. The molecule has 0 unspecified atom stereocenters. The number of carbonyl (C=O) groups is 1. The van der Waals surface area contributed by atoms with E-state index in [0.717, 1.165) is 8.45 Å². The van der Waals surface area contributed by atoms with Gasteiger partial charge in [0.05, 0.1) is 6.04 Å². The highest BCUT2D eigenvalue weighted by Gasteiger charge is 2.12. The maximum atomic E-state index is 12.1. The first kappa shape index (κ1) is 13.4. The summed E-state index contributed by atoms with van der Waals surface area (Å²) in [5.74, 6) is -0.0962. The second kappa shape index (κ2) is 5.71. The summed E-state index contributed by atoms with van der Waals surface area (Å²) in [5, 5.41) is 4.97. The molecule has 0 aliphatic rings. The SMILES string of the molecule is C[C@@H](NC(=O)c1cc(N)cc(I)c1)c1cccs1. The number of thiophene rings is 1. The molecule has 1 amide bonds. The van der Waals surface area contributed by atoms with Gasteiger partial charge in [0.25, 0.3) is 5.91 Å². The van der Waals surface area contributed by atoms with E-state index >= 15 is 0 Å². The van der Waals surface area contributed by atoms with E-state index in [4.69, 9.17) is 5.73 Å². The molecule has 0 radical (unpaired) electrons. The van der Waals surface area contributed by atoms with E-state index in [2.05, 4.69) is 27.9 Å². The second-order valence-corrected chi connectivity index (χ2v) is 6.21. The average Bonchev–Trinajstić information content (AvgIpc) is 2.80. The maximum absolute atomic E-state index is 12.1. The molecule has 5 heteroatoms. The molecule has 0 fully saturated rings. The van der Waals surface area contributed by atoms with Crippen molar-refractivity contribution in [2.75, 3.05) is 5.73 Å². The number of carbonyl (C=O) groups excluding carboxylic acids is 1. The predicted molar refractivity (Wildman–Crippen MR) is 83.8 cm³/mol. The molecule has 0 bridgehead atoms. The number of amides is 1. The molecule has 0 saturated carbocycles. The van der Waals surface area contributed by atoms with Crippen molar-refractivity contribution in [3.8, 4) is 0 Å². The number of nitrogen functional groups attached to an aromatic ring is 1. The summed E-state index contributed by atoms with van der Waals surface area (Å²) in [6.45, 7) is 1.97. The molecular formula is C13H13IN2OS. The van der Waals surface area contributed by atoms with Crippen LogP contribution in [0.4, 0.5) is 5.69 Å². The standard InChI is InChI=1S/C13H13IN2OS/c1-8(12-3-2-4-18-12)16-13(17)9-5-10(14)7-11(15)6-9/h2-8H,15H2,1H3,(H,16,17)/t8-/m1/s1. The lowest BCUT2D eigenvalue weighted by molar-refractivity contribution is 0.0940. The van der Waals surface area contributed by atoms with Crippen molar-refractivity contribution >= 4 is 45.5 Å². The molecule has 0 aliphatic carbocycles. The predicted octanol–water partition coefficient (Wildman–Crippen LogP) is 3.43. The van der Waals surface area contributed by atoms with Gasteiger partial charge in [0.15, 0.2) is 0 Å². The van der Waals surface area contributed by atoms with Gasteiger partial charge in [-0.25, -0.2) is 0 Å². The summed E-state index contributed by atoms with van der Waals surface area (Å²) >= 11 is 3.78. The third-order valence-electron chi connectivity index (χ3n) is 2.50. The molecule has 1 heterocycles. The van der Waals surface area contributed by atoms with Crippen molar-refractivity contribution in [2.24, 2.45) is 0 Å². The number of rotatable bonds is 3. The summed E-state index contributed by atoms with van der Waals surface area (Å²) in [7, 11) is 0. The molecule has 2 aromatic rings. The lowest BCUT2D eigenvalue weighted by Gasteiger charge is -2.12. The van der Waals surface area contributed by atoms with Crippen LogP contribution in [-0.2, 0) is 0 Å². The van der Waals surface area contributed by atoms with Crippen molar-refractivity contribution in [1.82, 2.24) is 5.32 Å². The van der Waals surface area contributed by atoms with Gasteiger partial charge in [-0.15, -0.1) is 11.3 Å². The monoisotopic (exact) mass is 372 g/mol. The van der Waals surface area contributed by atoms with Crippen LogP contribution in [0.25, 0.3) is 0 Å². The number of hydrogen-bond acceptors (Lipinski definition) is 3. The number of benzene rings is 1. The first-order chi connectivity index (χ1) is 8.56. The molecular weight excluding hydrogens is 359 g/mol. The van der Waals surface area contributed by atoms with Gasteiger partial charge in [-0.1, -0.05) is 6.07 Å². The third kappa shape index (κ3) is 3.23. The highest BCUT2D eigenvalue weighted by atomic mass is 127. The van der Waals surface area contributed by atoms with Crippen LogP contribution in [0.5, 0.6) is 0 Å². The summed E-state index contributed by atoms with van der Waals surface area (Å²) in [5.41, 5.74) is 6.95. The van der Waals surface area contributed by atoms with Gasteiger partial charge in [-0.05, 0) is 59.2 Å². The maximum Gasteiger partial charge on any atom is 0.251 e. The first-order valence-electron chi connectivity index (χ1n) is 5.46. The van der Waals surface area contributed by atoms with E-state index in [9.17, 15) is 4.79 Å². The number of nitrogens with one attached hydrogen (secondary N) is 1. The van der Waals surface area contributed by atoms with Crippen LogP contribution in [-0.4, -0.2) is 5.91 Å². The number of hydrogen-bond donors (Lipinski definition) is 2. The summed E-state index contributed by atoms with van der Waals surface area (Å²) in [6, 6.07) is 9.35. The van der Waals surface area contributed by atoms with E-state index in [1.54, 1.807) is 17.4 Å². The molecule has 3 nitrogen and oxygen atoms in total. The Kier molecular flexibility index (Phi) is 4.23. The minimum atomic E-state index is -0.0962. The van der Waals surface area contributed by atoms with Crippen molar-refractivity contribution in [3.63, 3.8) is 0 Å². The smallest absolute Gasteiger partial charge is 0.251 e.